The summed E-state index contributed by atoms with van der Waals surface area (Å²) in [6.07, 6.45) is 6.50. The Labute approximate surface area is 162 Å². The molecule has 0 bridgehead atoms. The lowest BCUT2D eigenvalue weighted by Gasteiger charge is -2.28. The van der Waals surface area contributed by atoms with Crippen LogP contribution in [0.5, 0.6) is 5.75 Å². The fourth-order valence-electron chi connectivity index (χ4n) is 4.19. The van der Waals surface area contributed by atoms with Crippen molar-refractivity contribution in [3.05, 3.63) is 29.3 Å². The number of hydrogen-bond donors (Lipinski definition) is 0. The molecule has 148 valence electrons. The lowest BCUT2D eigenvalue weighted by Crippen LogP contribution is -2.41. The Morgan fingerprint density at radius 3 is 2.41 bits per heavy atom. The van der Waals surface area contributed by atoms with Gasteiger partial charge in [-0.1, -0.05) is 37.0 Å². The number of benzene rings is 1. The van der Waals surface area contributed by atoms with Crippen LogP contribution in [0.15, 0.2) is 18.2 Å². The summed E-state index contributed by atoms with van der Waals surface area (Å²) in [7, 11) is 0. The van der Waals surface area contributed by atoms with Gasteiger partial charge in [-0.15, -0.1) is 0 Å². The molecule has 5 heteroatoms. The second kappa shape index (κ2) is 9.25. The van der Waals surface area contributed by atoms with Crippen molar-refractivity contribution in [2.75, 3.05) is 32.8 Å². The molecule has 0 aromatic heterocycles. The van der Waals surface area contributed by atoms with Crippen molar-refractivity contribution in [3.63, 3.8) is 0 Å². The molecule has 0 spiro atoms. The lowest BCUT2D eigenvalue weighted by atomic mass is 9.88. The summed E-state index contributed by atoms with van der Waals surface area (Å²) in [6.45, 7) is 6.80. The van der Waals surface area contributed by atoms with Crippen LogP contribution in [-0.2, 0) is 9.59 Å². The zero-order valence-corrected chi connectivity index (χ0v) is 16.7. The third kappa shape index (κ3) is 5.24. The van der Waals surface area contributed by atoms with Crippen LogP contribution < -0.4 is 4.74 Å². The number of ether oxygens (including phenoxy) is 1. The minimum absolute atomic E-state index is 0.00180. The highest BCUT2D eigenvalue weighted by atomic mass is 16.5. The van der Waals surface area contributed by atoms with E-state index < -0.39 is 0 Å². The third-order valence-electron chi connectivity index (χ3n) is 5.80. The van der Waals surface area contributed by atoms with Crippen LogP contribution in [0.4, 0.5) is 0 Å². The van der Waals surface area contributed by atoms with Crippen LogP contribution in [0.2, 0.25) is 0 Å². The SMILES string of the molecule is Cc1ccc(OCC(=O)N2CCCN(C(=O)C3CCCCC3)CC2)c(C)c1. The number of carbonyl (C=O) groups is 2. The van der Waals surface area contributed by atoms with E-state index in [2.05, 4.69) is 6.07 Å². The Morgan fingerprint density at radius 1 is 0.963 bits per heavy atom. The molecule has 1 aliphatic heterocycles. The van der Waals surface area contributed by atoms with Gasteiger partial charge in [-0.25, -0.2) is 0 Å². The quantitative estimate of drug-likeness (QED) is 0.815. The van der Waals surface area contributed by atoms with Gasteiger partial charge < -0.3 is 14.5 Å². The molecule has 1 saturated carbocycles. The van der Waals surface area contributed by atoms with Crippen molar-refractivity contribution in [2.45, 2.75) is 52.4 Å². The summed E-state index contributed by atoms with van der Waals surface area (Å²) in [5.74, 6) is 1.27. The highest BCUT2D eigenvalue weighted by Crippen LogP contribution is 2.26. The highest BCUT2D eigenvalue weighted by molar-refractivity contribution is 5.80. The van der Waals surface area contributed by atoms with Crippen LogP contribution in [-0.4, -0.2) is 54.4 Å². The Bertz CT molecular complexity index is 668. The van der Waals surface area contributed by atoms with Gasteiger partial charge in [-0.05, 0) is 44.7 Å². The topological polar surface area (TPSA) is 49.9 Å². The van der Waals surface area contributed by atoms with E-state index in [-0.39, 0.29) is 18.4 Å². The van der Waals surface area contributed by atoms with Crippen molar-refractivity contribution in [1.29, 1.82) is 0 Å². The van der Waals surface area contributed by atoms with E-state index in [1.165, 1.54) is 24.8 Å². The Kier molecular flexibility index (Phi) is 6.75. The van der Waals surface area contributed by atoms with E-state index in [4.69, 9.17) is 4.74 Å². The molecule has 2 amide bonds. The smallest absolute Gasteiger partial charge is 0.260 e. The van der Waals surface area contributed by atoms with Gasteiger partial charge in [0.15, 0.2) is 6.61 Å². The summed E-state index contributed by atoms with van der Waals surface area (Å²) in [6, 6.07) is 5.97. The average molecular weight is 373 g/mol. The highest BCUT2D eigenvalue weighted by Gasteiger charge is 2.28. The predicted molar refractivity (Wildman–Crippen MR) is 106 cm³/mol. The molecule has 27 heavy (non-hydrogen) atoms. The number of carbonyl (C=O) groups excluding carboxylic acids is 2. The molecule has 1 heterocycles. The van der Waals surface area contributed by atoms with Crippen LogP contribution in [0.1, 0.15) is 49.7 Å². The van der Waals surface area contributed by atoms with E-state index in [9.17, 15) is 9.59 Å². The Morgan fingerprint density at radius 2 is 1.67 bits per heavy atom. The fourth-order valence-corrected chi connectivity index (χ4v) is 4.19. The Balaban J connectivity index is 1.49. The maximum absolute atomic E-state index is 12.8. The molecule has 0 atom stereocenters. The molecule has 1 aromatic rings. The van der Waals surface area contributed by atoms with Gasteiger partial charge in [-0.3, -0.25) is 9.59 Å². The molecule has 5 nitrogen and oxygen atoms in total. The number of rotatable bonds is 4. The summed E-state index contributed by atoms with van der Waals surface area (Å²) in [5.41, 5.74) is 2.23. The molecule has 1 aliphatic carbocycles. The normalized spacial score (nSPS) is 18.9. The minimum Gasteiger partial charge on any atom is -0.484 e. The van der Waals surface area contributed by atoms with E-state index >= 15 is 0 Å². The first kappa shape index (κ1) is 19.7. The second-order valence-electron chi connectivity index (χ2n) is 7.95. The van der Waals surface area contributed by atoms with Crippen molar-refractivity contribution < 1.29 is 14.3 Å². The van der Waals surface area contributed by atoms with Crippen molar-refractivity contribution in [2.24, 2.45) is 5.92 Å². The summed E-state index contributed by atoms with van der Waals surface area (Å²) in [5, 5.41) is 0. The lowest BCUT2D eigenvalue weighted by molar-refractivity contribution is -0.137. The third-order valence-corrected chi connectivity index (χ3v) is 5.80. The number of hydrogen-bond acceptors (Lipinski definition) is 3. The molecule has 0 N–H and O–H groups in total. The molecule has 1 saturated heterocycles. The summed E-state index contributed by atoms with van der Waals surface area (Å²) in [4.78, 5) is 29.2. The molecule has 2 aliphatic rings. The predicted octanol–water partition coefficient (Wildman–Crippen LogP) is 3.32. The molecular formula is C22H32N2O3. The first-order chi connectivity index (χ1) is 13.0. The summed E-state index contributed by atoms with van der Waals surface area (Å²) < 4.78 is 5.75. The number of aryl methyl sites for hydroxylation is 2. The summed E-state index contributed by atoms with van der Waals surface area (Å²) >= 11 is 0. The van der Waals surface area contributed by atoms with E-state index in [0.29, 0.717) is 25.5 Å². The number of amides is 2. The van der Waals surface area contributed by atoms with Gasteiger partial charge in [0.1, 0.15) is 5.75 Å². The maximum Gasteiger partial charge on any atom is 0.260 e. The van der Waals surface area contributed by atoms with Crippen LogP contribution in [0.3, 0.4) is 0 Å². The molecule has 2 fully saturated rings. The molecule has 0 unspecified atom stereocenters. The minimum atomic E-state index is 0.00180. The van der Waals surface area contributed by atoms with Crippen molar-refractivity contribution >= 4 is 11.8 Å². The van der Waals surface area contributed by atoms with Gasteiger partial charge in [0, 0.05) is 32.1 Å². The molecular weight excluding hydrogens is 340 g/mol. The maximum atomic E-state index is 12.8. The largest absolute Gasteiger partial charge is 0.484 e. The monoisotopic (exact) mass is 372 g/mol. The molecule has 3 rings (SSSR count). The second-order valence-corrected chi connectivity index (χ2v) is 7.95. The Hall–Kier alpha value is -2.04. The van der Waals surface area contributed by atoms with E-state index in [1.54, 1.807) is 0 Å². The van der Waals surface area contributed by atoms with E-state index in [1.807, 2.05) is 35.8 Å². The molecule has 0 radical (unpaired) electrons. The first-order valence-electron chi connectivity index (χ1n) is 10.3. The van der Waals surface area contributed by atoms with Gasteiger partial charge >= 0.3 is 0 Å². The van der Waals surface area contributed by atoms with Gasteiger partial charge in [0.2, 0.25) is 5.91 Å². The first-order valence-corrected chi connectivity index (χ1v) is 10.3. The standard InChI is InChI=1S/C22H32N2O3/c1-17-9-10-20(18(2)15-17)27-16-21(25)23-11-6-12-24(14-13-23)22(26)19-7-4-3-5-8-19/h9-10,15,19H,3-8,11-14,16H2,1-2H3. The average Bonchev–Trinajstić information content (AvgIpc) is 2.93. The van der Waals surface area contributed by atoms with Crippen molar-refractivity contribution in [1.82, 2.24) is 9.80 Å². The fraction of sp³-hybridized carbons (Fsp3) is 0.636. The van der Waals surface area contributed by atoms with Gasteiger partial charge in [0.25, 0.3) is 5.91 Å². The van der Waals surface area contributed by atoms with Gasteiger partial charge in [0.05, 0.1) is 0 Å². The zero-order chi connectivity index (χ0) is 19.2. The zero-order valence-electron chi connectivity index (χ0n) is 16.7. The van der Waals surface area contributed by atoms with E-state index in [0.717, 1.165) is 37.1 Å². The van der Waals surface area contributed by atoms with Crippen LogP contribution in [0, 0.1) is 19.8 Å². The van der Waals surface area contributed by atoms with Gasteiger partial charge in [-0.2, -0.15) is 0 Å². The number of nitrogens with zero attached hydrogens (tertiary/aromatic N) is 2. The molecule has 1 aromatic carbocycles. The van der Waals surface area contributed by atoms with Crippen LogP contribution in [0.25, 0.3) is 0 Å². The van der Waals surface area contributed by atoms with Crippen LogP contribution >= 0.6 is 0 Å². The van der Waals surface area contributed by atoms with Crippen molar-refractivity contribution in [3.8, 4) is 5.75 Å².